The number of aromatic hydroxyl groups is 1. The van der Waals surface area contributed by atoms with Gasteiger partial charge in [-0.15, -0.1) is 0 Å². The first kappa shape index (κ1) is 14.3. The molecule has 1 aliphatic heterocycles. The molecule has 1 aromatic heterocycles. The summed E-state index contributed by atoms with van der Waals surface area (Å²) in [6.07, 6.45) is 5.69. The molecule has 2 aromatic carbocycles. The number of carboxylic acids is 1. The molecule has 118 valence electrons. The fourth-order valence-corrected chi connectivity index (χ4v) is 3.13. The lowest BCUT2D eigenvalue weighted by atomic mass is 10.0. The van der Waals surface area contributed by atoms with Gasteiger partial charge in [0.05, 0.1) is 16.9 Å². The van der Waals surface area contributed by atoms with Gasteiger partial charge in [-0.1, -0.05) is 36.4 Å². The molecular formula is C19H14N2O3. The number of carboxylic acid groups (broad SMARTS) is 1. The lowest BCUT2D eigenvalue weighted by molar-refractivity contribution is 0.0694. The third-order valence-electron chi connectivity index (χ3n) is 4.16. The number of aromatic nitrogens is 1. The molecule has 5 heteroatoms. The van der Waals surface area contributed by atoms with Crippen LogP contribution in [0.3, 0.4) is 0 Å². The highest BCUT2D eigenvalue weighted by atomic mass is 16.4. The summed E-state index contributed by atoms with van der Waals surface area (Å²) in [6.45, 7) is 0.506. The molecule has 0 aliphatic carbocycles. The van der Waals surface area contributed by atoms with Crippen LogP contribution in [-0.4, -0.2) is 27.7 Å². The lowest BCUT2D eigenvalue weighted by Crippen LogP contribution is -2.23. The number of hydrogen-bond donors (Lipinski definition) is 2. The molecule has 0 spiro atoms. The largest absolute Gasteiger partial charge is 0.507 e. The maximum absolute atomic E-state index is 11.6. The van der Waals surface area contributed by atoms with Gasteiger partial charge in [0.2, 0.25) is 0 Å². The van der Waals surface area contributed by atoms with Crippen molar-refractivity contribution in [2.45, 2.75) is 0 Å². The molecule has 0 amide bonds. The van der Waals surface area contributed by atoms with Crippen LogP contribution in [0.1, 0.15) is 15.9 Å². The highest BCUT2D eigenvalue weighted by Crippen LogP contribution is 2.40. The number of carbonyl (C=O) groups is 1. The standard InChI is InChI=1S/C19H14N2O3/c22-15-7-1-6-14(16(15)19(23)24)21-11-3-5-13-9-8-12-4-2-10-20-17(12)18(13)21/h1-10,22H,11H2,(H,23,24). The van der Waals surface area contributed by atoms with Crippen molar-refractivity contribution in [1.82, 2.24) is 4.98 Å². The van der Waals surface area contributed by atoms with Crippen molar-refractivity contribution < 1.29 is 15.0 Å². The molecule has 0 unspecified atom stereocenters. The Bertz CT molecular complexity index is 995. The van der Waals surface area contributed by atoms with Crippen molar-refractivity contribution >= 4 is 34.3 Å². The van der Waals surface area contributed by atoms with Crippen LogP contribution < -0.4 is 4.90 Å². The highest BCUT2D eigenvalue weighted by molar-refractivity contribution is 6.03. The van der Waals surface area contributed by atoms with Crippen molar-refractivity contribution in [3.8, 4) is 5.75 Å². The average Bonchev–Trinajstić information content (AvgIpc) is 2.60. The second kappa shape index (κ2) is 5.38. The van der Waals surface area contributed by atoms with E-state index >= 15 is 0 Å². The van der Waals surface area contributed by atoms with E-state index in [-0.39, 0.29) is 11.3 Å². The van der Waals surface area contributed by atoms with Gasteiger partial charge >= 0.3 is 5.97 Å². The number of aromatic carboxylic acids is 1. The summed E-state index contributed by atoms with van der Waals surface area (Å²) in [7, 11) is 0. The molecule has 3 aromatic rings. The Morgan fingerprint density at radius 3 is 2.83 bits per heavy atom. The van der Waals surface area contributed by atoms with Gasteiger partial charge in [0.1, 0.15) is 11.3 Å². The molecule has 1 aliphatic rings. The molecule has 0 bridgehead atoms. The quantitative estimate of drug-likeness (QED) is 0.752. The van der Waals surface area contributed by atoms with E-state index in [2.05, 4.69) is 4.98 Å². The van der Waals surface area contributed by atoms with Crippen LogP contribution in [0.2, 0.25) is 0 Å². The topological polar surface area (TPSA) is 73.7 Å². The fraction of sp³-hybridized carbons (Fsp3) is 0.0526. The SMILES string of the molecule is O=C(O)c1c(O)cccc1N1CC=Cc2ccc3cccnc3c21. The normalized spacial score (nSPS) is 13.1. The first-order chi connectivity index (χ1) is 11.7. The number of anilines is 2. The molecule has 0 saturated heterocycles. The molecular weight excluding hydrogens is 304 g/mol. The Morgan fingerprint density at radius 1 is 1.12 bits per heavy atom. The number of fused-ring (bicyclic) bond motifs is 3. The van der Waals surface area contributed by atoms with Crippen LogP contribution in [0, 0.1) is 0 Å². The average molecular weight is 318 g/mol. The summed E-state index contributed by atoms with van der Waals surface area (Å²) in [5, 5.41) is 20.5. The molecule has 0 atom stereocenters. The van der Waals surface area contributed by atoms with Crippen molar-refractivity contribution in [3.63, 3.8) is 0 Å². The summed E-state index contributed by atoms with van der Waals surface area (Å²) >= 11 is 0. The van der Waals surface area contributed by atoms with Crippen LogP contribution in [-0.2, 0) is 0 Å². The van der Waals surface area contributed by atoms with E-state index in [4.69, 9.17) is 0 Å². The molecule has 0 fully saturated rings. The summed E-state index contributed by atoms with van der Waals surface area (Å²) in [5.74, 6) is -1.41. The maximum Gasteiger partial charge on any atom is 0.341 e. The van der Waals surface area contributed by atoms with Crippen molar-refractivity contribution in [2.75, 3.05) is 11.4 Å². The van der Waals surface area contributed by atoms with Crippen LogP contribution >= 0.6 is 0 Å². The van der Waals surface area contributed by atoms with Gasteiger partial charge in [-0.25, -0.2) is 4.79 Å². The van der Waals surface area contributed by atoms with Crippen LogP contribution in [0.25, 0.3) is 17.0 Å². The smallest absolute Gasteiger partial charge is 0.341 e. The van der Waals surface area contributed by atoms with E-state index < -0.39 is 5.97 Å². The van der Waals surface area contributed by atoms with Crippen LogP contribution in [0.15, 0.2) is 54.7 Å². The van der Waals surface area contributed by atoms with E-state index in [0.29, 0.717) is 12.2 Å². The predicted octanol–water partition coefficient (Wildman–Crippen LogP) is 3.80. The van der Waals surface area contributed by atoms with Crippen molar-refractivity contribution in [3.05, 3.63) is 65.9 Å². The van der Waals surface area contributed by atoms with Crippen LogP contribution in [0.4, 0.5) is 11.4 Å². The van der Waals surface area contributed by atoms with Gasteiger partial charge in [0.25, 0.3) is 0 Å². The molecule has 24 heavy (non-hydrogen) atoms. The lowest BCUT2D eigenvalue weighted by Gasteiger charge is -2.30. The minimum absolute atomic E-state index is 0.105. The molecule has 0 radical (unpaired) electrons. The van der Waals surface area contributed by atoms with Gasteiger partial charge in [-0.2, -0.15) is 0 Å². The van der Waals surface area contributed by atoms with E-state index in [0.717, 1.165) is 22.2 Å². The van der Waals surface area contributed by atoms with E-state index in [1.165, 1.54) is 6.07 Å². The molecule has 2 heterocycles. The summed E-state index contributed by atoms with van der Waals surface area (Å²) in [6, 6.07) is 12.6. The van der Waals surface area contributed by atoms with Crippen LogP contribution in [0.5, 0.6) is 5.75 Å². The highest BCUT2D eigenvalue weighted by Gasteiger charge is 2.25. The number of hydrogen-bond acceptors (Lipinski definition) is 4. The van der Waals surface area contributed by atoms with Gasteiger partial charge < -0.3 is 15.1 Å². The fourth-order valence-electron chi connectivity index (χ4n) is 3.13. The molecule has 4 rings (SSSR count). The Kier molecular flexibility index (Phi) is 3.20. The van der Waals surface area contributed by atoms with E-state index in [1.54, 1.807) is 18.3 Å². The summed E-state index contributed by atoms with van der Waals surface area (Å²) in [5.41, 5.74) is 2.97. The van der Waals surface area contributed by atoms with Gasteiger partial charge in [-0.05, 0) is 18.2 Å². The Labute approximate surface area is 138 Å². The van der Waals surface area contributed by atoms with Crippen molar-refractivity contribution in [1.29, 1.82) is 0 Å². The molecule has 2 N–H and O–H groups in total. The third-order valence-corrected chi connectivity index (χ3v) is 4.16. The number of pyridine rings is 1. The minimum Gasteiger partial charge on any atom is -0.507 e. The van der Waals surface area contributed by atoms with Gasteiger partial charge in [-0.3, -0.25) is 4.98 Å². The predicted molar refractivity (Wildman–Crippen MR) is 92.8 cm³/mol. The zero-order chi connectivity index (χ0) is 16.7. The monoisotopic (exact) mass is 318 g/mol. The second-order valence-corrected chi connectivity index (χ2v) is 5.57. The second-order valence-electron chi connectivity index (χ2n) is 5.57. The van der Waals surface area contributed by atoms with Gasteiger partial charge in [0, 0.05) is 23.7 Å². The Hall–Kier alpha value is -3.34. The minimum atomic E-state index is -1.16. The first-order valence-corrected chi connectivity index (χ1v) is 7.54. The van der Waals surface area contributed by atoms with Crippen molar-refractivity contribution in [2.24, 2.45) is 0 Å². The zero-order valence-corrected chi connectivity index (χ0v) is 12.7. The van der Waals surface area contributed by atoms with E-state index in [9.17, 15) is 15.0 Å². The number of rotatable bonds is 2. The summed E-state index contributed by atoms with van der Waals surface area (Å²) < 4.78 is 0. The number of benzene rings is 2. The first-order valence-electron chi connectivity index (χ1n) is 7.54. The number of phenols is 1. The number of nitrogens with zero attached hydrogens (tertiary/aromatic N) is 2. The molecule has 0 saturated carbocycles. The van der Waals surface area contributed by atoms with Gasteiger partial charge in [0.15, 0.2) is 0 Å². The zero-order valence-electron chi connectivity index (χ0n) is 12.7. The molecule has 5 nitrogen and oxygen atoms in total. The Balaban J connectivity index is 2.02. The Morgan fingerprint density at radius 2 is 2.00 bits per heavy atom. The maximum atomic E-state index is 11.6. The van der Waals surface area contributed by atoms with E-state index in [1.807, 2.05) is 41.3 Å². The summed E-state index contributed by atoms with van der Waals surface area (Å²) in [4.78, 5) is 18.0. The third kappa shape index (κ3) is 2.10.